The smallest absolute Gasteiger partial charge is 0.344 e. The maximum Gasteiger partial charge on any atom is 0.344 e. The molecule has 0 radical (unpaired) electrons. The van der Waals surface area contributed by atoms with Crippen LogP contribution in [0.15, 0.2) is 12.1 Å². The van der Waals surface area contributed by atoms with Crippen LogP contribution in [0.1, 0.15) is 38.5 Å². The molecule has 0 aliphatic carbocycles. The summed E-state index contributed by atoms with van der Waals surface area (Å²) in [6.07, 6.45) is 7.04. The lowest BCUT2D eigenvalue weighted by Gasteiger charge is -2.25. The minimum absolute atomic E-state index is 0.0365. The molecule has 0 amide bonds. The number of nitrogens with one attached hydrogen (secondary N) is 2. The number of aromatic nitrogens is 4. The summed E-state index contributed by atoms with van der Waals surface area (Å²) in [4.78, 5) is 24.1. The number of anilines is 2. The van der Waals surface area contributed by atoms with Gasteiger partial charge in [-0.1, -0.05) is 10.2 Å². The van der Waals surface area contributed by atoms with Crippen molar-refractivity contribution in [1.29, 1.82) is 0 Å². The SMILES string of the molecule is O=[N+]([O-])c1cc(N2CCCCC2)n[nH]1.O=[N+]([O-])c1cc(N2CCCCC2)n[nH]1. The highest BCUT2D eigenvalue weighted by Gasteiger charge is 2.18. The van der Waals surface area contributed by atoms with Gasteiger partial charge in [0, 0.05) is 26.2 Å². The number of rotatable bonds is 4. The molecule has 2 N–H and O–H groups in total. The van der Waals surface area contributed by atoms with Gasteiger partial charge in [0.2, 0.25) is 0 Å². The summed E-state index contributed by atoms with van der Waals surface area (Å²) in [7, 11) is 0. The number of H-pyrrole nitrogens is 2. The monoisotopic (exact) mass is 392 g/mol. The summed E-state index contributed by atoms with van der Waals surface area (Å²) in [5.41, 5.74) is 0. The van der Waals surface area contributed by atoms with Crippen molar-refractivity contribution in [2.75, 3.05) is 36.0 Å². The molecule has 152 valence electrons. The lowest BCUT2D eigenvalue weighted by Crippen LogP contribution is -2.29. The van der Waals surface area contributed by atoms with Crippen LogP contribution >= 0.6 is 0 Å². The average Bonchev–Trinajstić information content (AvgIpc) is 3.40. The summed E-state index contributed by atoms with van der Waals surface area (Å²) < 4.78 is 0. The highest BCUT2D eigenvalue weighted by molar-refractivity contribution is 5.44. The average molecular weight is 392 g/mol. The Bertz CT molecular complexity index is 726. The van der Waals surface area contributed by atoms with Gasteiger partial charge in [-0.3, -0.25) is 0 Å². The highest BCUT2D eigenvalue weighted by atomic mass is 16.6. The van der Waals surface area contributed by atoms with Crippen LogP contribution in [0.2, 0.25) is 0 Å². The molecule has 2 aliphatic heterocycles. The van der Waals surface area contributed by atoms with Crippen molar-refractivity contribution in [3.05, 3.63) is 32.4 Å². The number of hydrogen-bond acceptors (Lipinski definition) is 8. The predicted molar refractivity (Wildman–Crippen MR) is 103 cm³/mol. The van der Waals surface area contributed by atoms with Crippen molar-refractivity contribution < 1.29 is 9.85 Å². The zero-order chi connectivity index (χ0) is 19.9. The van der Waals surface area contributed by atoms with E-state index in [4.69, 9.17) is 0 Å². The summed E-state index contributed by atoms with van der Waals surface area (Å²) in [6, 6.07) is 2.98. The van der Waals surface area contributed by atoms with E-state index in [-0.39, 0.29) is 11.6 Å². The van der Waals surface area contributed by atoms with E-state index < -0.39 is 9.85 Å². The summed E-state index contributed by atoms with van der Waals surface area (Å²) in [5, 5.41) is 33.5. The molecule has 2 aliphatic rings. The van der Waals surface area contributed by atoms with Crippen LogP contribution in [0, 0.1) is 20.2 Å². The first-order valence-electron chi connectivity index (χ1n) is 9.44. The van der Waals surface area contributed by atoms with Gasteiger partial charge in [0.25, 0.3) is 0 Å². The Balaban J connectivity index is 0.000000161. The lowest BCUT2D eigenvalue weighted by atomic mass is 10.1. The predicted octanol–water partition coefficient (Wildman–Crippen LogP) is 2.62. The van der Waals surface area contributed by atoms with Crippen LogP contribution in [-0.4, -0.2) is 56.4 Å². The zero-order valence-electron chi connectivity index (χ0n) is 15.5. The highest BCUT2D eigenvalue weighted by Crippen LogP contribution is 2.21. The van der Waals surface area contributed by atoms with Gasteiger partial charge in [-0.2, -0.15) is 0 Å². The molecular formula is C16H24N8O4. The molecule has 0 saturated carbocycles. The van der Waals surface area contributed by atoms with Crippen LogP contribution in [-0.2, 0) is 0 Å². The van der Waals surface area contributed by atoms with Crippen LogP contribution in [0.4, 0.5) is 23.3 Å². The summed E-state index contributed by atoms with van der Waals surface area (Å²) in [6.45, 7) is 3.79. The van der Waals surface area contributed by atoms with Gasteiger partial charge in [-0.15, -0.1) is 10.2 Å². The van der Waals surface area contributed by atoms with Crippen molar-refractivity contribution >= 4 is 23.3 Å². The quantitative estimate of drug-likeness (QED) is 0.595. The number of aromatic amines is 2. The second-order valence-corrected chi connectivity index (χ2v) is 6.83. The Morgan fingerprint density at radius 3 is 1.36 bits per heavy atom. The molecule has 0 bridgehead atoms. The molecular weight excluding hydrogens is 368 g/mol. The van der Waals surface area contributed by atoms with Crippen LogP contribution < -0.4 is 9.80 Å². The van der Waals surface area contributed by atoms with Gasteiger partial charge in [-0.25, -0.2) is 0 Å². The van der Waals surface area contributed by atoms with Gasteiger partial charge < -0.3 is 30.0 Å². The second-order valence-electron chi connectivity index (χ2n) is 6.83. The fourth-order valence-corrected chi connectivity index (χ4v) is 3.36. The first kappa shape index (κ1) is 19.6. The normalized spacial score (nSPS) is 17.0. The van der Waals surface area contributed by atoms with E-state index in [1.54, 1.807) is 0 Å². The van der Waals surface area contributed by atoms with Crippen molar-refractivity contribution in [3.8, 4) is 0 Å². The molecule has 2 aromatic rings. The summed E-state index contributed by atoms with van der Waals surface area (Å²) >= 11 is 0. The van der Waals surface area contributed by atoms with Crippen molar-refractivity contribution in [2.45, 2.75) is 38.5 Å². The molecule has 12 heteroatoms. The third-order valence-electron chi connectivity index (χ3n) is 4.86. The Hall–Kier alpha value is -3.18. The Morgan fingerprint density at radius 1 is 0.714 bits per heavy atom. The van der Waals surface area contributed by atoms with Gasteiger partial charge in [-0.05, 0) is 48.4 Å². The molecule has 0 unspecified atom stereocenters. The number of nitro groups is 2. The fourth-order valence-electron chi connectivity index (χ4n) is 3.36. The lowest BCUT2D eigenvalue weighted by molar-refractivity contribution is -0.389. The van der Waals surface area contributed by atoms with Crippen LogP contribution in [0.5, 0.6) is 0 Å². The molecule has 4 heterocycles. The van der Waals surface area contributed by atoms with Crippen LogP contribution in [0.25, 0.3) is 0 Å². The van der Waals surface area contributed by atoms with E-state index >= 15 is 0 Å². The standard InChI is InChI=1S/2C8H12N4O2/c2*13-12(14)8-6-7(9-10-8)11-4-2-1-3-5-11/h2*6H,1-5H2,(H,9,10). The molecule has 0 spiro atoms. The van der Waals surface area contributed by atoms with Gasteiger partial charge >= 0.3 is 11.6 Å². The molecule has 12 nitrogen and oxygen atoms in total. The fraction of sp³-hybridized carbons (Fsp3) is 0.625. The van der Waals surface area contributed by atoms with E-state index in [2.05, 4.69) is 30.2 Å². The topological polar surface area (TPSA) is 150 Å². The van der Waals surface area contributed by atoms with E-state index in [1.165, 1.54) is 25.0 Å². The van der Waals surface area contributed by atoms with Gasteiger partial charge in [0.15, 0.2) is 11.6 Å². The van der Waals surface area contributed by atoms with E-state index in [1.807, 2.05) is 0 Å². The molecule has 28 heavy (non-hydrogen) atoms. The molecule has 0 atom stereocenters. The molecule has 2 aromatic heterocycles. The summed E-state index contributed by atoms with van der Waals surface area (Å²) in [5.74, 6) is 1.31. The minimum Gasteiger partial charge on any atom is -0.358 e. The van der Waals surface area contributed by atoms with E-state index in [0.717, 1.165) is 51.9 Å². The molecule has 2 fully saturated rings. The van der Waals surface area contributed by atoms with Crippen molar-refractivity contribution in [3.63, 3.8) is 0 Å². The molecule has 0 aromatic carbocycles. The Labute approximate surface area is 161 Å². The number of hydrogen-bond donors (Lipinski definition) is 2. The molecule has 4 rings (SSSR count). The van der Waals surface area contributed by atoms with Crippen LogP contribution in [0.3, 0.4) is 0 Å². The minimum atomic E-state index is -0.458. The number of nitrogens with zero attached hydrogens (tertiary/aromatic N) is 6. The van der Waals surface area contributed by atoms with E-state index in [0.29, 0.717) is 11.6 Å². The van der Waals surface area contributed by atoms with Gasteiger partial charge in [0.05, 0.1) is 12.1 Å². The van der Waals surface area contributed by atoms with Crippen molar-refractivity contribution in [2.24, 2.45) is 0 Å². The Morgan fingerprint density at radius 2 is 1.07 bits per heavy atom. The third-order valence-corrected chi connectivity index (χ3v) is 4.86. The first-order chi connectivity index (χ1) is 13.5. The van der Waals surface area contributed by atoms with Gasteiger partial charge in [0.1, 0.15) is 0 Å². The first-order valence-corrected chi connectivity index (χ1v) is 9.44. The Kier molecular flexibility index (Phi) is 6.40. The second kappa shape index (κ2) is 9.15. The zero-order valence-corrected chi connectivity index (χ0v) is 15.5. The maximum atomic E-state index is 10.4. The maximum absolute atomic E-state index is 10.4. The van der Waals surface area contributed by atoms with E-state index in [9.17, 15) is 20.2 Å². The number of piperidine rings is 2. The largest absolute Gasteiger partial charge is 0.358 e. The van der Waals surface area contributed by atoms with Crippen molar-refractivity contribution in [1.82, 2.24) is 20.4 Å². The molecule has 2 saturated heterocycles. The third kappa shape index (κ3) is 4.96.